The lowest BCUT2D eigenvalue weighted by Crippen LogP contribution is -2.46. The molecule has 0 spiro atoms. The number of piperazine rings is 1. The van der Waals surface area contributed by atoms with Crippen LogP contribution >= 0.6 is 0 Å². The number of carbonyl (C=O) groups excluding carboxylic acids is 1. The van der Waals surface area contributed by atoms with E-state index in [4.69, 9.17) is 0 Å². The van der Waals surface area contributed by atoms with Crippen molar-refractivity contribution >= 4 is 23.5 Å². The number of nitrogens with zero attached hydrogens (tertiary/aromatic N) is 3. The van der Waals surface area contributed by atoms with Gasteiger partial charge in [-0.3, -0.25) is 4.79 Å². The van der Waals surface area contributed by atoms with Crippen molar-refractivity contribution in [3.63, 3.8) is 0 Å². The number of nitrogens with one attached hydrogen (secondary N) is 1. The number of rotatable bonds is 5. The summed E-state index contributed by atoms with van der Waals surface area (Å²) in [7, 11) is 0. The van der Waals surface area contributed by atoms with Crippen LogP contribution in [0.25, 0.3) is 6.08 Å². The molecule has 1 amide bonds. The predicted molar refractivity (Wildman–Crippen MR) is 103 cm³/mol. The fourth-order valence-electron chi connectivity index (χ4n) is 2.86. The highest BCUT2D eigenvalue weighted by Gasteiger charge is 2.16. The summed E-state index contributed by atoms with van der Waals surface area (Å²) in [5, 5.41) is 2.84. The van der Waals surface area contributed by atoms with Gasteiger partial charge in [0.05, 0.1) is 11.9 Å². The van der Waals surface area contributed by atoms with Crippen molar-refractivity contribution in [3.05, 3.63) is 60.3 Å². The number of pyridine rings is 1. The first-order chi connectivity index (χ1) is 12.2. The average molecular weight is 336 g/mol. The molecule has 1 fully saturated rings. The number of likely N-dealkylation sites (N-methyl/N-ethyl adjacent to an activating group) is 1. The summed E-state index contributed by atoms with van der Waals surface area (Å²) in [6.45, 7) is 7.42. The van der Waals surface area contributed by atoms with Crippen LogP contribution in [0.5, 0.6) is 0 Å². The van der Waals surface area contributed by atoms with Crippen LogP contribution in [0.1, 0.15) is 12.5 Å². The second kappa shape index (κ2) is 8.44. The lowest BCUT2D eigenvalue weighted by atomic mass is 10.2. The molecule has 0 radical (unpaired) electrons. The van der Waals surface area contributed by atoms with Crippen LogP contribution in [0, 0.1) is 0 Å². The third kappa shape index (κ3) is 4.90. The van der Waals surface area contributed by atoms with Gasteiger partial charge in [0, 0.05) is 32.3 Å². The van der Waals surface area contributed by atoms with Gasteiger partial charge in [0.2, 0.25) is 5.91 Å². The number of amides is 1. The summed E-state index contributed by atoms with van der Waals surface area (Å²) in [4.78, 5) is 21.2. The van der Waals surface area contributed by atoms with Gasteiger partial charge in [-0.15, -0.1) is 0 Å². The van der Waals surface area contributed by atoms with E-state index in [1.165, 1.54) is 6.08 Å². The van der Waals surface area contributed by atoms with Crippen LogP contribution < -0.4 is 10.2 Å². The minimum atomic E-state index is -0.157. The van der Waals surface area contributed by atoms with Gasteiger partial charge in [0.15, 0.2) is 0 Å². The standard InChI is InChI=1S/C20H24N4O/c1-2-23-12-14-24(15-13-23)19-10-9-18(16-21-19)22-20(25)11-8-17-6-4-3-5-7-17/h3-11,16H,2,12-15H2,1H3,(H,22,25)/b11-8+. The number of hydrogen-bond acceptors (Lipinski definition) is 4. The molecule has 5 nitrogen and oxygen atoms in total. The van der Waals surface area contributed by atoms with Gasteiger partial charge in [0.1, 0.15) is 5.82 Å². The molecule has 5 heteroatoms. The highest BCUT2D eigenvalue weighted by Crippen LogP contribution is 2.16. The lowest BCUT2D eigenvalue weighted by Gasteiger charge is -2.34. The maximum Gasteiger partial charge on any atom is 0.248 e. The summed E-state index contributed by atoms with van der Waals surface area (Å²) in [6, 6.07) is 13.6. The molecule has 1 saturated heterocycles. The highest BCUT2D eigenvalue weighted by atomic mass is 16.1. The normalized spacial score (nSPS) is 15.5. The number of anilines is 2. The second-order valence-electron chi connectivity index (χ2n) is 6.06. The maximum atomic E-state index is 12.0. The Morgan fingerprint density at radius 3 is 2.52 bits per heavy atom. The van der Waals surface area contributed by atoms with E-state index in [0.717, 1.165) is 44.1 Å². The van der Waals surface area contributed by atoms with E-state index >= 15 is 0 Å². The first-order valence-electron chi connectivity index (χ1n) is 8.72. The van der Waals surface area contributed by atoms with Crippen molar-refractivity contribution in [2.24, 2.45) is 0 Å². The van der Waals surface area contributed by atoms with Crippen LogP contribution in [0.3, 0.4) is 0 Å². The minimum Gasteiger partial charge on any atom is -0.354 e. The summed E-state index contributed by atoms with van der Waals surface area (Å²) in [6.07, 6.45) is 5.05. The molecule has 2 heterocycles. The van der Waals surface area contributed by atoms with E-state index in [1.807, 2.05) is 42.5 Å². The molecule has 1 aliphatic rings. The molecule has 1 aromatic carbocycles. The molecule has 1 aliphatic heterocycles. The third-order valence-corrected chi connectivity index (χ3v) is 4.39. The van der Waals surface area contributed by atoms with E-state index in [2.05, 4.69) is 27.0 Å². The summed E-state index contributed by atoms with van der Waals surface area (Å²) < 4.78 is 0. The zero-order chi connectivity index (χ0) is 17.5. The minimum absolute atomic E-state index is 0.157. The van der Waals surface area contributed by atoms with Crippen molar-refractivity contribution in [1.82, 2.24) is 9.88 Å². The number of benzene rings is 1. The number of carbonyl (C=O) groups is 1. The van der Waals surface area contributed by atoms with Gasteiger partial charge in [-0.25, -0.2) is 4.98 Å². The maximum absolute atomic E-state index is 12.0. The van der Waals surface area contributed by atoms with E-state index in [9.17, 15) is 4.79 Å². The molecule has 1 aromatic heterocycles. The first kappa shape index (κ1) is 17.2. The molecule has 130 valence electrons. The largest absolute Gasteiger partial charge is 0.354 e. The fourth-order valence-corrected chi connectivity index (χ4v) is 2.86. The SMILES string of the molecule is CCN1CCN(c2ccc(NC(=O)/C=C/c3ccccc3)cn2)CC1. The molecule has 3 rings (SSSR count). The Kier molecular flexibility index (Phi) is 5.80. The molecule has 25 heavy (non-hydrogen) atoms. The summed E-state index contributed by atoms with van der Waals surface area (Å²) >= 11 is 0. The van der Waals surface area contributed by atoms with E-state index in [1.54, 1.807) is 12.3 Å². The van der Waals surface area contributed by atoms with Crippen molar-refractivity contribution in [2.75, 3.05) is 42.9 Å². The lowest BCUT2D eigenvalue weighted by molar-refractivity contribution is -0.111. The predicted octanol–water partition coefficient (Wildman–Crippen LogP) is 2.88. The Morgan fingerprint density at radius 1 is 1.12 bits per heavy atom. The molecule has 1 N–H and O–H groups in total. The van der Waals surface area contributed by atoms with Gasteiger partial charge < -0.3 is 15.1 Å². The van der Waals surface area contributed by atoms with Crippen LogP contribution in [-0.2, 0) is 4.79 Å². The van der Waals surface area contributed by atoms with Crippen LogP contribution in [0.4, 0.5) is 11.5 Å². The number of aromatic nitrogens is 1. The van der Waals surface area contributed by atoms with Crippen LogP contribution in [0.2, 0.25) is 0 Å². The topological polar surface area (TPSA) is 48.5 Å². The molecule has 0 unspecified atom stereocenters. The van der Waals surface area contributed by atoms with Gasteiger partial charge >= 0.3 is 0 Å². The Bertz CT molecular complexity index is 704. The zero-order valence-electron chi connectivity index (χ0n) is 14.6. The van der Waals surface area contributed by atoms with Crippen molar-refractivity contribution in [3.8, 4) is 0 Å². The molecule has 0 aliphatic carbocycles. The van der Waals surface area contributed by atoms with Crippen molar-refractivity contribution < 1.29 is 4.79 Å². The van der Waals surface area contributed by atoms with E-state index < -0.39 is 0 Å². The Hall–Kier alpha value is -2.66. The van der Waals surface area contributed by atoms with Crippen molar-refractivity contribution in [2.45, 2.75) is 6.92 Å². The fraction of sp³-hybridized carbons (Fsp3) is 0.300. The van der Waals surface area contributed by atoms with Gasteiger partial charge in [-0.2, -0.15) is 0 Å². The van der Waals surface area contributed by atoms with Gasteiger partial charge in [-0.1, -0.05) is 37.3 Å². The smallest absolute Gasteiger partial charge is 0.248 e. The molecule has 2 aromatic rings. The Balaban J connectivity index is 1.54. The third-order valence-electron chi connectivity index (χ3n) is 4.39. The highest BCUT2D eigenvalue weighted by molar-refractivity contribution is 6.01. The molecule has 0 bridgehead atoms. The Labute approximate surface area is 149 Å². The second-order valence-corrected chi connectivity index (χ2v) is 6.06. The van der Waals surface area contributed by atoms with Crippen LogP contribution in [0.15, 0.2) is 54.7 Å². The molecular formula is C20H24N4O. The van der Waals surface area contributed by atoms with Gasteiger partial charge in [0.25, 0.3) is 0 Å². The zero-order valence-corrected chi connectivity index (χ0v) is 14.6. The van der Waals surface area contributed by atoms with Crippen LogP contribution in [-0.4, -0.2) is 48.5 Å². The molecule has 0 atom stereocenters. The Morgan fingerprint density at radius 2 is 1.88 bits per heavy atom. The monoisotopic (exact) mass is 336 g/mol. The summed E-state index contributed by atoms with van der Waals surface area (Å²) in [5.41, 5.74) is 1.70. The summed E-state index contributed by atoms with van der Waals surface area (Å²) in [5.74, 6) is 0.809. The molecular weight excluding hydrogens is 312 g/mol. The van der Waals surface area contributed by atoms with E-state index in [-0.39, 0.29) is 5.91 Å². The van der Waals surface area contributed by atoms with Crippen molar-refractivity contribution in [1.29, 1.82) is 0 Å². The quantitative estimate of drug-likeness (QED) is 0.853. The van der Waals surface area contributed by atoms with Gasteiger partial charge in [-0.05, 0) is 30.3 Å². The first-order valence-corrected chi connectivity index (χ1v) is 8.72. The van der Waals surface area contributed by atoms with E-state index in [0.29, 0.717) is 5.69 Å². The number of hydrogen-bond donors (Lipinski definition) is 1. The average Bonchev–Trinajstić information content (AvgIpc) is 2.68. The molecule has 0 saturated carbocycles.